The molecular weight excluding hydrogens is 374 g/mol. The smallest absolute Gasteiger partial charge is 0.327 e. The van der Waals surface area contributed by atoms with Crippen molar-refractivity contribution in [2.45, 2.75) is 45.4 Å². The lowest BCUT2D eigenvalue weighted by molar-refractivity contribution is -0.156. The first kappa shape index (κ1) is 20.7. The third-order valence-electron chi connectivity index (χ3n) is 4.43. The molecule has 2 atom stereocenters. The normalized spacial score (nSPS) is 20.2. The number of amides is 4. The van der Waals surface area contributed by atoms with Gasteiger partial charge in [0.25, 0.3) is 11.8 Å². The fourth-order valence-electron chi connectivity index (χ4n) is 2.52. The van der Waals surface area contributed by atoms with Crippen LogP contribution in [0, 0.1) is 0 Å². The van der Waals surface area contributed by atoms with E-state index in [9.17, 15) is 19.2 Å². The highest BCUT2D eigenvalue weighted by Gasteiger charge is 2.47. The standard InChI is InChI=1S/C18H22ClN3O5/c1-4-18(3)16(25)22(17(26)21-18)10-14(23)27-11(2)15(24)20-9-12-7-5-6-8-13(12)19/h5-8,11H,4,9-10H2,1-3H3,(H,20,24)(H,21,26)/t11-,18+/m1/s1. The van der Waals surface area contributed by atoms with Crippen molar-refractivity contribution in [1.82, 2.24) is 15.5 Å². The molecule has 2 rings (SSSR count). The Morgan fingerprint density at radius 1 is 1.33 bits per heavy atom. The quantitative estimate of drug-likeness (QED) is 0.539. The highest BCUT2D eigenvalue weighted by Crippen LogP contribution is 2.20. The van der Waals surface area contributed by atoms with Gasteiger partial charge in [-0.05, 0) is 31.9 Å². The summed E-state index contributed by atoms with van der Waals surface area (Å²) in [5, 5.41) is 5.67. The summed E-state index contributed by atoms with van der Waals surface area (Å²) in [6, 6.07) is 6.38. The summed E-state index contributed by atoms with van der Waals surface area (Å²) in [6.45, 7) is 4.38. The van der Waals surface area contributed by atoms with Crippen molar-refractivity contribution in [1.29, 1.82) is 0 Å². The molecule has 1 aliphatic rings. The number of ether oxygens (including phenoxy) is 1. The lowest BCUT2D eigenvalue weighted by Gasteiger charge is -2.19. The van der Waals surface area contributed by atoms with Crippen LogP contribution in [0.1, 0.15) is 32.8 Å². The third-order valence-corrected chi connectivity index (χ3v) is 4.80. The molecule has 1 heterocycles. The van der Waals surface area contributed by atoms with Gasteiger partial charge in [0.05, 0.1) is 0 Å². The van der Waals surface area contributed by atoms with E-state index in [0.29, 0.717) is 11.4 Å². The van der Waals surface area contributed by atoms with Crippen molar-refractivity contribution in [3.05, 3.63) is 34.9 Å². The number of imide groups is 1. The molecule has 0 aromatic heterocycles. The number of urea groups is 1. The molecule has 4 amide bonds. The zero-order chi connectivity index (χ0) is 20.2. The number of esters is 1. The van der Waals surface area contributed by atoms with Crippen molar-refractivity contribution in [3.63, 3.8) is 0 Å². The second-order valence-electron chi connectivity index (χ2n) is 6.45. The van der Waals surface area contributed by atoms with Gasteiger partial charge in [-0.2, -0.15) is 0 Å². The van der Waals surface area contributed by atoms with E-state index < -0.39 is 42.0 Å². The molecule has 1 aliphatic heterocycles. The Balaban J connectivity index is 1.86. The summed E-state index contributed by atoms with van der Waals surface area (Å²) in [5.74, 6) is -1.86. The maximum Gasteiger partial charge on any atom is 0.327 e. The number of nitrogens with zero attached hydrogens (tertiary/aromatic N) is 1. The Labute approximate surface area is 162 Å². The van der Waals surface area contributed by atoms with E-state index >= 15 is 0 Å². The summed E-state index contributed by atoms with van der Waals surface area (Å²) in [7, 11) is 0. The summed E-state index contributed by atoms with van der Waals surface area (Å²) in [4.78, 5) is 49.1. The van der Waals surface area contributed by atoms with E-state index in [1.54, 1.807) is 38.1 Å². The minimum atomic E-state index is -1.08. The zero-order valence-corrected chi connectivity index (χ0v) is 16.1. The summed E-state index contributed by atoms with van der Waals surface area (Å²) in [6.07, 6.45) is -0.692. The largest absolute Gasteiger partial charge is 0.451 e. The van der Waals surface area contributed by atoms with Crippen LogP contribution in [0.25, 0.3) is 0 Å². The third kappa shape index (κ3) is 4.77. The van der Waals surface area contributed by atoms with E-state index in [2.05, 4.69) is 10.6 Å². The molecular formula is C18H22ClN3O5. The van der Waals surface area contributed by atoms with Crippen molar-refractivity contribution < 1.29 is 23.9 Å². The Hall–Kier alpha value is -2.61. The molecule has 1 aromatic rings. The van der Waals surface area contributed by atoms with Crippen molar-refractivity contribution >= 4 is 35.4 Å². The Bertz CT molecular complexity index is 769. The van der Waals surface area contributed by atoms with Crippen LogP contribution in [-0.4, -0.2) is 46.9 Å². The maximum atomic E-state index is 12.3. The van der Waals surface area contributed by atoms with Gasteiger partial charge in [0.15, 0.2) is 6.10 Å². The minimum Gasteiger partial charge on any atom is -0.451 e. The predicted molar refractivity (Wildman–Crippen MR) is 97.8 cm³/mol. The highest BCUT2D eigenvalue weighted by molar-refractivity contribution is 6.31. The lowest BCUT2D eigenvalue weighted by atomic mass is 9.99. The summed E-state index contributed by atoms with van der Waals surface area (Å²) in [5.41, 5.74) is -0.306. The second-order valence-corrected chi connectivity index (χ2v) is 6.86. The fraction of sp³-hybridized carbons (Fsp3) is 0.444. The molecule has 0 bridgehead atoms. The molecule has 0 unspecified atom stereocenters. The van der Waals surface area contributed by atoms with E-state index in [-0.39, 0.29) is 6.54 Å². The van der Waals surface area contributed by atoms with Gasteiger partial charge < -0.3 is 15.4 Å². The lowest BCUT2D eigenvalue weighted by Crippen LogP contribution is -2.44. The van der Waals surface area contributed by atoms with Gasteiger partial charge >= 0.3 is 12.0 Å². The molecule has 9 heteroatoms. The summed E-state index contributed by atoms with van der Waals surface area (Å²) >= 11 is 6.02. The molecule has 0 saturated carbocycles. The van der Waals surface area contributed by atoms with E-state index in [4.69, 9.17) is 16.3 Å². The van der Waals surface area contributed by atoms with Crippen LogP contribution in [0.5, 0.6) is 0 Å². The molecule has 27 heavy (non-hydrogen) atoms. The van der Waals surface area contributed by atoms with E-state index in [0.717, 1.165) is 10.5 Å². The predicted octanol–water partition coefficient (Wildman–Crippen LogP) is 1.61. The topological polar surface area (TPSA) is 105 Å². The van der Waals surface area contributed by atoms with Crippen LogP contribution in [0.3, 0.4) is 0 Å². The number of halogens is 1. The number of nitrogens with one attached hydrogen (secondary N) is 2. The van der Waals surface area contributed by atoms with Crippen molar-refractivity contribution in [2.24, 2.45) is 0 Å². The number of rotatable bonds is 7. The number of carbonyl (C=O) groups is 4. The molecule has 146 valence electrons. The van der Waals surface area contributed by atoms with Gasteiger partial charge in [0, 0.05) is 11.6 Å². The van der Waals surface area contributed by atoms with Gasteiger partial charge in [0.1, 0.15) is 12.1 Å². The zero-order valence-electron chi connectivity index (χ0n) is 15.4. The monoisotopic (exact) mass is 395 g/mol. The summed E-state index contributed by atoms with van der Waals surface area (Å²) < 4.78 is 5.03. The fourth-order valence-corrected chi connectivity index (χ4v) is 2.72. The van der Waals surface area contributed by atoms with Crippen LogP contribution in [0.4, 0.5) is 4.79 Å². The van der Waals surface area contributed by atoms with E-state index in [1.165, 1.54) is 6.92 Å². The van der Waals surface area contributed by atoms with Gasteiger partial charge in [-0.15, -0.1) is 0 Å². The van der Waals surface area contributed by atoms with E-state index in [1.807, 2.05) is 0 Å². The van der Waals surface area contributed by atoms with Gasteiger partial charge in [-0.25, -0.2) is 4.79 Å². The van der Waals surface area contributed by atoms with Crippen LogP contribution in [-0.2, 0) is 25.7 Å². The van der Waals surface area contributed by atoms with Crippen LogP contribution in [0.2, 0.25) is 5.02 Å². The molecule has 2 N–H and O–H groups in total. The van der Waals surface area contributed by atoms with Crippen LogP contribution >= 0.6 is 11.6 Å². The Kier molecular flexibility index (Phi) is 6.43. The average Bonchev–Trinajstić information content (AvgIpc) is 2.84. The van der Waals surface area contributed by atoms with Gasteiger partial charge in [-0.1, -0.05) is 36.7 Å². The first-order valence-corrected chi connectivity index (χ1v) is 8.90. The Morgan fingerprint density at radius 3 is 2.59 bits per heavy atom. The van der Waals surface area contributed by atoms with Gasteiger partial charge in [0.2, 0.25) is 0 Å². The molecule has 1 saturated heterocycles. The van der Waals surface area contributed by atoms with Crippen molar-refractivity contribution in [2.75, 3.05) is 6.54 Å². The minimum absolute atomic E-state index is 0.183. The second kappa shape index (κ2) is 8.39. The molecule has 0 spiro atoms. The Morgan fingerprint density at radius 2 is 2.00 bits per heavy atom. The highest BCUT2D eigenvalue weighted by atomic mass is 35.5. The molecule has 0 radical (unpaired) electrons. The maximum absolute atomic E-state index is 12.3. The van der Waals surface area contributed by atoms with Gasteiger partial charge in [-0.3, -0.25) is 19.3 Å². The average molecular weight is 396 g/mol. The molecule has 8 nitrogen and oxygen atoms in total. The first-order chi connectivity index (χ1) is 12.7. The van der Waals surface area contributed by atoms with Crippen LogP contribution in [0.15, 0.2) is 24.3 Å². The van der Waals surface area contributed by atoms with Crippen molar-refractivity contribution in [3.8, 4) is 0 Å². The molecule has 1 aromatic carbocycles. The number of benzene rings is 1. The number of hydrogen-bond donors (Lipinski definition) is 2. The van der Waals surface area contributed by atoms with Crippen LogP contribution < -0.4 is 10.6 Å². The SMILES string of the molecule is CC[C@]1(C)NC(=O)N(CC(=O)O[C@H](C)C(=O)NCc2ccccc2Cl)C1=O. The molecule has 0 aliphatic carbocycles. The molecule has 1 fully saturated rings. The number of carbonyl (C=O) groups excluding carboxylic acids is 4. The number of hydrogen-bond acceptors (Lipinski definition) is 5. The first-order valence-electron chi connectivity index (χ1n) is 8.52.